The summed E-state index contributed by atoms with van der Waals surface area (Å²) in [6.45, 7) is 0.827. The van der Waals surface area contributed by atoms with Crippen LogP contribution in [0.5, 0.6) is 0 Å². The molecule has 29 heavy (non-hydrogen) atoms. The van der Waals surface area contributed by atoms with Gasteiger partial charge >= 0.3 is 11.6 Å². The lowest BCUT2D eigenvalue weighted by atomic mass is 10.2. The highest BCUT2D eigenvalue weighted by molar-refractivity contribution is 5.92. The summed E-state index contributed by atoms with van der Waals surface area (Å²) in [7, 11) is 0. The van der Waals surface area contributed by atoms with Crippen molar-refractivity contribution in [2.45, 2.75) is 19.3 Å². The van der Waals surface area contributed by atoms with Gasteiger partial charge in [-0.25, -0.2) is 14.6 Å². The number of esters is 1. The molecule has 0 bridgehead atoms. The summed E-state index contributed by atoms with van der Waals surface area (Å²) < 4.78 is 10.3. The van der Waals surface area contributed by atoms with E-state index in [0.717, 1.165) is 12.8 Å². The molecule has 0 amide bonds. The Hall–Kier alpha value is -3.75. The lowest BCUT2D eigenvalue weighted by molar-refractivity contribution is -0.385. The van der Waals surface area contributed by atoms with Crippen molar-refractivity contribution < 1.29 is 18.9 Å². The van der Waals surface area contributed by atoms with Crippen LogP contribution >= 0.6 is 0 Å². The maximum Gasteiger partial charge on any atom is 0.351 e. The van der Waals surface area contributed by atoms with Gasteiger partial charge in [0.25, 0.3) is 5.69 Å². The number of nitro groups is 1. The van der Waals surface area contributed by atoms with E-state index in [2.05, 4.69) is 10.3 Å². The minimum Gasteiger partial charge on any atom is -0.462 e. The van der Waals surface area contributed by atoms with Gasteiger partial charge in [0, 0.05) is 18.0 Å². The summed E-state index contributed by atoms with van der Waals surface area (Å²) in [6, 6.07) is 11.4. The smallest absolute Gasteiger partial charge is 0.351 e. The number of rotatable bonds is 9. The maximum absolute atomic E-state index is 12.1. The fourth-order valence-corrected chi connectivity index (χ4v) is 2.67. The zero-order valence-corrected chi connectivity index (χ0v) is 15.5. The number of aromatic nitrogens is 1. The van der Waals surface area contributed by atoms with Gasteiger partial charge in [-0.1, -0.05) is 18.2 Å². The summed E-state index contributed by atoms with van der Waals surface area (Å²) in [5.41, 5.74) is -0.468. The molecule has 9 nitrogen and oxygen atoms in total. The van der Waals surface area contributed by atoms with Gasteiger partial charge in [0.2, 0.25) is 0 Å². The first-order chi connectivity index (χ1) is 14.0. The van der Waals surface area contributed by atoms with Gasteiger partial charge in [-0.3, -0.25) is 10.1 Å². The van der Waals surface area contributed by atoms with Gasteiger partial charge in [0.15, 0.2) is 0 Å². The molecule has 2 aromatic heterocycles. The SMILES string of the molecule is O=C(OCCCCCNc1ccc([N+](=O)[O-])cn1)c1cc2ccccc2oc1=O. The van der Waals surface area contributed by atoms with Crippen LogP contribution in [0.2, 0.25) is 0 Å². The number of para-hydroxylation sites is 1. The molecule has 0 aliphatic rings. The molecule has 0 spiro atoms. The number of carbonyl (C=O) groups is 1. The Labute approximate surface area is 165 Å². The molecule has 1 N–H and O–H groups in total. The van der Waals surface area contributed by atoms with Crippen molar-refractivity contribution in [2.24, 2.45) is 0 Å². The summed E-state index contributed by atoms with van der Waals surface area (Å²) in [4.78, 5) is 38.1. The van der Waals surface area contributed by atoms with E-state index in [1.165, 1.54) is 18.3 Å². The minimum atomic E-state index is -0.714. The molecule has 0 unspecified atom stereocenters. The summed E-state index contributed by atoms with van der Waals surface area (Å²) >= 11 is 0. The molecule has 9 heteroatoms. The number of benzene rings is 1. The van der Waals surface area contributed by atoms with Crippen LogP contribution in [0.15, 0.2) is 57.9 Å². The Kier molecular flexibility index (Phi) is 6.51. The zero-order chi connectivity index (χ0) is 20.6. The summed E-state index contributed by atoms with van der Waals surface area (Å²) in [5.74, 6) is -0.136. The Morgan fingerprint density at radius 2 is 2.00 bits per heavy atom. The summed E-state index contributed by atoms with van der Waals surface area (Å²) in [6.07, 6.45) is 3.43. The van der Waals surface area contributed by atoms with Crippen molar-refractivity contribution in [1.82, 2.24) is 4.98 Å². The van der Waals surface area contributed by atoms with E-state index in [4.69, 9.17) is 9.15 Å². The molecule has 3 aromatic rings. The quantitative estimate of drug-likeness (QED) is 0.191. The van der Waals surface area contributed by atoms with E-state index >= 15 is 0 Å². The number of pyridine rings is 1. The first-order valence-electron chi connectivity index (χ1n) is 9.09. The molecule has 0 saturated heterocycles. The second kappa shape index (κ2) is 9.45. The fraction of sp³-hybridized carbons (Fsp3) is 0.250. The van der Waals surface area contributed by atoms with Crippen molar-refractivity contribution >= 4 is 28.4 Å². The zero-order valence-electron chi connectivity index (χ0n) is 15.5. The van der Waals surface area contributed by atoms with Crippen LogP contribution < -0.4 is 10.9 Å². The van der Waals surface area contributed by atoms with Gasteiger partial charge in [0.05, 0.1) is 11.5 Å². The molecular formula is C20H19N3O6. The number of hydrogen-bond acceptors (Lipinski definition) is 8. The summed E-state index contributed by atoms with van der Waals surface area (Å²) in [5, 5.41) is 14.3. The number of hydrogen-bond donors (Lipinski definition) is 1. The average molecular weight is 397 g/mol. The van der Waals surface area contributed by atoms with E-state index in [9.17, 15) is 19.7 Å². The van der Waals surface area contributed by atoms with Gasteiger partial charge < -0.3 is 14.5 Å². The molecule has 0 aliphatic heterocycles. The molecule has 0 atom stereocenters. The monoisotopic (exact) mass is 397 g/mol. The van der Waals surface area contributed by atoms with Crippen LogP contribution in [-0.4, -0.2) is 29.0 Å². The van der Waals surface area contributed by atoms with Crippen molar-refractivity contribution in [3.05, 3.63) is 74.8 Å². The number of nitrogens with one attached hydrogen (secondary N) is 1. The highest BCUT2D eigenvalue weighted by atomic mass is 16.6. The minimum absolute atomic E-state index is 0.0576. The van der Waals surface area contributed by atoms with E-state index in [1.54, 1.807) is 30.3 Å². The molecule has 0 radical (unpaired) electrons. The Morgan fingerprint density at radius 1 is 1.17 bits per heavy atom. The predicted molar refractivity (Wildman–Crippen MR) is 106 cm³/mol. The standard InChI is InChI=1S/C20H19N3O6/c24-19(16-12-14-6-2-3-7-17(14)29-20(16)25)28-11-5-1-4-10-21-18-9-8-15(13-22-18)23(26)27/h2-3,6-9,12-13H,1,4-5,10-11H2,(H,21,22). The number of unbranched alkanes of at least 4 members (excludes halogenated alkanes) is 2. The number of fused-ring (bicyclic) bond motifs is 1. The van der Waals surface area contributed by atoms with Crippen LogP contribution in [0.4, 0.5) is 11.5 Å². The lowest BCUT2D eigenvalue weighted by Gasteiger charge is -2.06. The van der Waals surface area contributed by atoms with Crippen LogP contribution in [0, 0.1) is 10.1 Å². The van der Waals surface area contributed by atoms with E-state index in [0.29, 0.717) is 29.8 Å². The van der Waals surface area contributed by atoms with E-state index in [-0.39, 0.29) is 17.9 Å². The average Bonchev–Trinajstić information content (AvgIpc) is 2.72. The molecule has 150 valence electrons. The molecule has 3 rings (SSSR count). The Bertz CT molecular complexity index is 1060. The van der Waals surface area contributed by atoms with E-state index < -0.39 is 16.5 Å². The van der Waals surface area contributed by atoms with Crippen LogP contribution in [-0.2, 0) is 4.74 Å². The molecule has 2 heterocycles. The second-order valence-electron chi connectivity index (χ2n) is 6.27. The molecule has 1 aromatic carbocycles. The predicted octanol–water partition coefficient (Wildman–Crippen LogP) is 3.54. The van der Waals surface area contributed by atoms with Crippen LogP contribution in [0.1, 0.15) is 29.6 Å². The third-order valence-electron chi connectivity index (χ3n) is 4.18. The number of anilines is 1. The first-order valence-corrected chi connectivity index (χ1v) is 9.09. The van der Waals surface area contributed by atoms with Gasteiger partial charge in [-0.05, 0) is 37.5 Å². The number of carbonyl (C=O) groups excluding carboxylic acids is 1. The third-order valence-corrected chi connectivity index (χ3v) is 4.18. The van der Waals surface area contributed by atoms with E-state index in [1.807, 2.05) is 0 Å². The second-order valence-corrected chi connectivity index (χ2v) is 6.27. The largest absolute Gasteiger partial charge is 0.462 e. The normalized spacial score (nSPS) is 10.6. The Morgan fingerprint density at radius 3 is 2.76 bits per heavy atom. The number of ether oxygens (including phenoxy) is 1. The lowest BCUT2D eigenvalue weighted by Crippen LogP contribution is -2.17. The van der Waals surface area contributed by atoms with Gasteiger partial charge in [-0.15, -0.1) is 0 Å². The van der Waals surface area contributed by atoms with Crippen LogP contribution in [0.3, 0.4) is 0 Å². The van der Waals surface area contributed by atoms with Crippen molar-refractivity contribution in [3.63, 3.8) is 0 Å². The number of nitrogens with zero attached hydrogens (tertiary/aromatic N) is 2. The first kappa shape index (κ1) is 20.0. The van der Waals surface area contributed by atoms with Crippen molar-refractivity contribution in [2.75, 3.05) is 18.5 Å². The highest BCUT2D eigenvalue weighted by Gasteiger charge is 2.14. The highest BCUT2D eigenvalue weighted by Crippen LogP contribution is 2.14. The van der Waals surface area contributed by atoms with Gasteiger partial charge in [-0.2, -0.15) is 0 Å². The maximum atomic E-state index is 12.1. The van der Waals surface area contributed by atoms with Gasteiger partial charge in [0.1, 0.15) is 23.2 Å². The molecular weight excluding hydrogens is 378 g/mol. The fourth-order valence-electron chi connectivity index (χ4n) is 2.67. The van der Waals surface area contributed by atoms with Crippen molar-refractivity contribution in [3.8, 4) is 0 Å². The topological polar surface area (TPSA) is 125 Å². The third kappa shape index (κ3) is 5.38. The Balaban J connectivity index is 1.37. The van der Waals surface area contributed by atoms with Crippen LogP contribution in [0.25, 0.3) is 11.0 Å². The molecule has 0 aliphatic carbocycles. The molecule has 0 saturated carbocycles. The van der Waals surface area contributed by atoms with Crippen molar-refractivity contribution in [1.29, 1.82) is 0 Å². The molecule has 0 fully saturated rings.